The van der Waals surface area contributed by atoms with E-state index in [-0.39, 0.29) is 22.0 Å². The highest BCUT2D eigenvalue weighted by Crippen LogP contribution is 2.39. The lowest BCUT2D eigenvalue weighted by Crippen LogP contribution is -2.38. The normalized spacial score (nSPS) is 11.1. The van der Waals surface area contributed by atoms with Crippen LogP contribution in [0.15, 0.2) is 64.4 Å². The van der Waals surface area contributed by atoms with Crippen molar-refractivity contribution in [3.05, 3.63) is 86.5 Å². The molecular weight excluding hydrogens is 479 g/mol. The molecule has 0 saturated heterocycles. The first-order chi connectivity index (χ1) is 16.4. The van der Waals surface area contributed by atoms with Crippen molar-refractivity contribution in [2.45, 2.75) is 6.54 Å². The van der Waals surface area contributed by atoms with Gasteiger partial charge in [0.2, 0.25) is 0 Å². The predicted octanol–water partition coefficient (Wildman–Crippen LogP) is 4.75. The Bertz CT molecular complexity index is 1760. The molecule has 0 aliphatic carbocycles. The van der Waals surface area contributed by atoms with Crippen LogP contribution in [0.2, 0.25) is 5.02 Å². The zero-order chi connectivity index (χ0) is 24.0. The molecule has 3 heterocycles. The molecule has 0 bridgehead atoms. The second-order valence-corrected chi connectivity index (χ2v) is 8.80. The van der Waals surface area contributed by atoms with Gasteiger partial charge in [-0.15, -0.1) is 11.3 Å². The van der Waals surface area contributed by atoms with Crippen LogP contribution in [-0.4, -0.2) is 21.2 Å². The van der Waals surface area contributed by atoms with Gasteiger partial charge in [-0.05, 0) is 18.2 Å². The maximum Gasteiger partial charge on any atom is 0.337 e. The van der Waals surface area contributed by atoms with Gasteiger partial charge in [-0.25, -0.2) is 13.8 Å². The van der Waals surface area contributed by atoms with E-state index in [0.717, 1.165) is 27.4 Å². The molecule has 34 heavy (non-hydrogen) atoms. The SMILES string of the molecule is COc1cc(-c2cc3c(s2)c(=O)n(-c2cncc4ccccc24)c(=O)n3CC#N)c(Cl)cc1F. The van der Waals surface area contributed by atoms with Crippen LogP contribution in [0.1, 0.15) is 0 Å². The van der Waals surface area contributed by atoms with Crippen LogP contribution in [0.25, 0.3) is 37.1 Å². The van der Waals surface area contributed by atoms with Crippen LogP contribution in [0, 0.1) is 17.1 Å². The Labute approximate surface area is 200 Å². The Morgan fingerprint density at radius 2 is 2.00 bits per heavy atom. The van der Waals surface area contributed by atoms with Gasteiger partial charge in [-0.1, -0.05) is 35.9 Å². The molecule has 0 saturated carbocycles. The summed E-state index contributed by atoms with van der Waals surface area (Å²) in [4.78, 5) is 31.7. The van der Waals surface area contributed by atoms with E-state index in [4.69, 9.17) is 16.3 Å². The summed E-state index contributed by atoms with van der Waals surface area (Å²) in [6.07, 6.45) is 3.09. The van der Waals surface area contributed by atoms with Crippen LogP contribution in [0.4, 0.5) is 4.39 Å². The number of hydrogen-bond donors (Lipinski definition) is 0. The van der Waals surface area contributed by atoms with E-state index in [2.05, 4.69) is 4.98 Å². The second kappa shape index (κ2) is 8.41. The van der Waals surface area contributed by atoms with E-state index in [0.29, 0.717) is 27.0 Å². The molecule has 0 radical (unpaired) electrons. The van der Waals surface area contributed by atoms with Gasteiger partial charge in [0.05, 0.1) is 35.6 Å². The third-order valence-electron chi connectivity index (χ3n) is 5.45. The Balaban J connectivity index is 1.86. The fourth-order valence-electron chi connectivity index (χ4n) is 3.87. The largest absolute Gasteiger partial charge is 0.494 e. The minimum Gasteiger partial charge on any atom is -0.494 e. The van der Waals surface area contributed by atoms with E-state index in [1.807, 2.05) is 18.2 Å². The summed E-state index contributed by atoms with van der Waals surface area (Å²) in [5.41, 5.74) is -0.161. The van der Waals surface area contributed by atoms with Crippen LogP contribution in [0.5, 0.6) is 5.75 Å². The number of nitrogens with zero attached hydrogens (tertiary/aromatic N) is 4. The topological polar surface area (TPSA) is 89.9 Å². The highest BCUT2D eigenvalue weighted by Gasteiger charge is 2.21. The van der Waals surface area contributed by atoms with Crippen molar-refractivity contribution < 1.29 is 9.13 Å². The molecule has 5 aromatic rings. The summed E-state index contributed by atoms with van der Waals surface area (Å²) in [5, 5.41) is 10.9. The number of ether oxygens (including phenoxy) is 1. The van der Waals surface area contributed by atoms with E-state index in [9.17, 15) is 19.2 Å². The van der Waals surface area contributed by atoms with Crippen LogP contribution in [0.3, 0.4) is 0 Å². The Hall–Kier alpha value is -4.00. The van der Waals surface area contributed by atoms with Gasteiger partial charge in [-0.2, -0.15) is 5.26 Å². The number of benzene rings is 2. The average molecular weight is 493 g/mol. The Morgan fingerprint density at radius 1 is 1.21 bits per heavy atom. The van der Waals surface area contributed by atoms with Gasteiger partial charge in [0.15, 0.2) is 11.6 Å². The first-order valence-corrected chi connectivity index (χ1v) is 11.2. The molecule has 0 amide bonds. The fraction of sp³-hybridized carbons (Fsp3) is 0.0833. The molecule has 7 nitrogen and oxygen atoms in total. The van der Waals surface area contributed by atoms with Crippen molar-refractivity contribution in [1.82, 2.24) is 14.1 Å². The van der Waals surface area contributed by atoms with Gasteiger partial charge < -0.3 is 4.74 Å². The number of hydrogen-bond acceptors (Lipinski definition) is 6. The number of methoxy groups -OCH3 is 1. The van der Waals surface area contributed by atoms with Crippen LogP contribution < -0.4 is 16.0 Å². The summed E-state index contributed by atoms with van der Waals surface area (Å²) >= 11 is 7.38. The van der Waals surface area contributed by atoms with Crippen molar-refractivity contribution in [3.8, 4) is 27.9 Å². The quantitative estimate of drug-likeness (QED) is 0.361. The summed E-state index contributed by atoms with van der Waals surface area (Å²) in [6.45, 7) is -0.273. The van der Waals surface area contributed by atoms with Crippen molar-refractivity contribution in [1.29, 1.82) is 5.26 Å². The smallest absolute Gasteiger partial charge is 0.337 e. The summed E-state index contributed by atoms with van der Waals surface area (Å²) < 4.78 is 21.6. The Kier molecular flexibility index (Phi) is 5.40. The zero-order valence-corrected chi connectivity index (χ0v) is 19.2. The molecule has 0 N–H and O–H groups in total. The molecule has 168 valence electrons. The minimum atomic E-state index is -0.663. The molecule has 2 aromatic carbocycles. The Morgan fingerprint density at radius 3 is 2.76 bits per heavy atom. The van der Waals surface area contributed by atoms with Crippen LogP contribution in [-0.2, 0) is 6.54 Å². The van der Waals surface area contributed by atoms with Gasteiger partial charge >= 0.3 is 5.69 Å². The number of nitriles is 1. The van der Waals surface area contributed by atoms with Crippen molar-refractivity contribution in [3.63, 3.8) is 0 Å². The third kappa shape index (κ3) is 3.36. The second-order valence-electron chi connectivity index (χ2n) is 7.34. The molecule has 5 rings (SSSR count). The predicted molar refractivity (Wildman–Crippen MR) is 130 cm³/mol. The highest BCUT2D eigenvalue weighted by atomic mass is 35.5. The molecule has 0 unspecified atom stereocenters. The van der Waals surface area contributed by atoms with Gasteiger partial charge in [0.1, 0.15) is 11.2 Å². The number of thiophene rings is 1. The number of aromatic nitrogens is 3. The molecule has 0 fully saturated rings. The van der Waals surface area contributed by atoms with Crippen molar-refractivity contribution in [2.75, 3.05) is 7.11 Å². The zero-order valence-electron chi connectivity index (χ0n) is 17.6. The summed E-state index contributed by atoms with van der Waals surface area (Å²) in [5.74, 6) is -0.630. The van der Waals surface area contributed by atoms with E-state index in [1.165, 1.54) is 23.9 Å². The standard InChI is InChI=1S/C24H14ClFN4O3S/c1-33-20-8-15(16(25)9-17(20)26)21-10-18-22(34-21)23(31)30(24(32)29(18)7-6-27)19-12-28-11-13-4-2-3-5-14(13)19/h2-5,8-12H,7H2,1H3. The van der Waals surface area contributed by atoms with E-state index >= 15 is 0 Å². The van der Waals surface area contributed by atoms with E-state index in [1.54, 1.807) is 24.4 Å². The number of pyridine rings is 1. The molecule has 0 aliphatic heterocycles. The number of halogens is 2. The summed E-state index contributed by atoms with van der Waals surface area (Å²) in [6, 6.07) is 13.4. The van der Waals surface area contributed by atoms with Crippen molar-refractivity contribution >= 4 is 43.9 Å². The molecule has 0 spiro atoms. The molecule has 0 aliphatic rings. The monoisotopic (exact) mass is 492 g/mol. The lowest BCUT2D eigenvalue weighted by atomic mass is 10.1. The maximum absolute atomic E-state index is 14.1. The van der Waals surface area contributed by atoms with Crippen LogP contribution >= 0.6 is 22.9 Å². The number of fused-ring (bicyclic) bond motifs is 2. The molecule has 3 aromatic heterocycles. The lowest BCUT2D eigenvalue weighted by molar-refractivity contribution is 0.387. The third-order valence-corrected chi connectivity index (χ3v) is 6.90. The average Bonchev–Trinajstić information content (AvgIpc) is 3.27. The van der Waals surface area contributed by atoms with Crippen molar-refractivity contribution in [2.24, 2.45) is 0 Å². The minimum absolute atomic E-state index is 0.00879. The fourth-order valence-corrected chi connectivity index (χ4v) is 5.30. The van der Waals surface area contributed by atoms with Gasteiger partial charge in [0, 0.05) is 27.4 Å². The van der Waals surface area contributed by atoms with Gasteiger partial charge in [0.25, 0.3) is 5.56 Å². The lowest BCUT2D eigenvalue weighted by Gasteiger charge is -2.11. The first kappa shape index (κ1) is 21.8. The highest BCUT2D eigenvalue weighted by molar-refractivity contribution is 7.22. The molecular formula is C24H14ClFN4O3S. The summed E-state index contributed by atoms with van der Waals surface area (Å²) in [7, 11) is 1.34. The van der Waals surface area contributed by atoms with E-state index < -0.39 is 17.1 Å². The molecule has 10 heteroatoms. The van der Waals surface area contributed by atoms with Gasteiger partial charge in [-0.3, -0.25) is 14.3 Å². The molecule has 0 atom stereocenters. The number of rotatable bonds is 4. The first-order valence-electron chi connectivity index (χ1n) is 9.97. The maximum atomic E-state index is 14.1.